The Hall–Kier alpha value is -2.95. The molecule has 6 nitrogen and oxygen atoms in total. The number of aryl methyl sites for hydroxylation is 1. The second-order valence-corrected chi connectivity index (χ2v) is 8.76. The highest BCUT2D eigenvalue weighted by Gasteiger charge is 2.25. The summed E-state index contributed by atoms with van der Waals surface area (Å²) in [5.74, 6) is -0.282. The first-order chi connectivity index (χ1) is 14.3. The lowest BCUT2D eigenvalue weighted by atomic mass is 10.1. The lowest BCUT2D eigenvalue weighted by molar-refractivity contribution is 0.0762. The fraction of sp³-hybridized carbons (Fsp3) is 0.304. The molecule has 0 aliphatic heterocycles. The van der Waals surface area contributed by atoms with Crippen LogP contribution >= 0.6 is 0 Å². The zero-order chi connectivity index (χ0) is 22.3. The molecule has 0 N–H and O–H groups in total. The van der Waals surface area contributed by atoms with Gasteiger partial charge in [0.05, 0.1) is 16.5 Å². The number of nitrogens with zero attached hydrogens (tertiary/aromatic N) is 3. The SMILES string of the molecule is C=CCN(Cc1ccc(C#N)cc1)C(=O)c1ccc(C)c(S(=O)(=O)N(CC)CC)c1. The van der Waals surface area contributed by atoms with E-state index in [2.05, 4.69) is 12.6 Å². The molecule has 0 fully saturated rings. The molecule has 0 aliphatic rings. The van der Waals surface area contributed by atoms with E-state index >= 15 is 0 Å². The van der Waals surface area contributed by atoms with Gasteiger partial charge in [-0.05, 0) is 42.3 Å². The molecule has 1 amide bonds. The second kappa shape index (κ2) is 10.2. The van der Waals surface area contributed by atoms with E-state index in [1.54, 1.807) is 68.1 Å². The third-order valence-electron chi connectivity index (χ3n) is 4.85. The number of sulfonamides is 1. The normalized spacial score (nSPS) is 11.2. The average molecular weight is 426 g/mol. The summed E-state index contributed by atoms with van der Waals surface area (Å²) in [5.41, 5.74) is 2.32. The number of hydrogen-bond acceptors (Lipinski definition) is 4. The molecule has 0 heterocycles. The van der Waals surface area contributed by atoms with Crippen molar-refractivity contribution in [3.63, 3.8) is 0 Å². The van der Waals surface area contributed by atoms with Crippen molar-refractivity contribution < 1.29 is 13.2 Å². The summed E-state index contributed by atoms with van der Waals surface area (Å²) in [7, 11) is -3.68. The van der Waals surface area contributed by atoms with Gasteiger partial charge in [0.1, 0.15) is 0 Å². The van der Waals surface area contributed by atoms with Crippen molar-refractivity contribution in [2.45, 2.75) is 32.2 Å². The Kier molecular flexibility index (Phi) is 7.93. The highest BCUT2D eigenvalue weighted by Crippen LogP contribution is 2.22. The number of amides is 1. The van der Waals surface area contributed by atoms with E-state index in [1.807, 2.05) is 0 Å². The monoisotopic (exact) mass is 425 g/mol. The predicted molar refractivity (Wildman–Crippen MR) is 117 cm³/mol. The summed E-state index contributed by atoms with van der Waals surface area (Å²) in [6, 6.07) is 13.8. The van der Waals surface area contributed by atoms with E-state index in [0.717, 1.165) is 5.56 Å². The first-order valence-corrected chi connectivity index (χ1v) is 11.2. The Bertz CT molecular complexity index is 1050. The van der Waals surface area contributed by atoms with Crippen molar-refractivity contribution in [2.24, 2.45) is 0 Å². The van der Waals surface area contributed by atoms with Crippen LogP contribution in [0.1, 0.15) is 40.9 Å². The molecule has 0 aromatic heterocycles. The largest absolute Gasteiger partial charge is 0.331 e. The van der Waals surface area contributed by atoms with Crippen LogP contribution in [0.4, 0.5) is 0 Å². The van der Waals surface area contributed by atoms with Gasteiger partial charge in [-0.1, -0.05) is 38.1 Å². The van der Waals surface area contributed by atoms with E-state index in [-0.39, 0.29) is 10.8 Å². The summed E-state index contributed by atoms with van der Waals surface area (Å²) in [6.45, 7) is 10.4. The molecule has 0 unspecified atom stereocenters. The summed E-state index contributed by atoms with van der Waals surface area (Å²) < 4.78 is 27.4. The quantitative estimate of drug-likeness (QED) is 0.573. The molecule has 0 radical (unpaired) electrons. The standard InChI is InChI=1S/C23H27N3O3S/c1-5-14-25(17-20-11-9-19(16-24)10-12-20)23(27)21-13-8-18(4)22(15-21)30(28,29)26(6-2)7-3/h5,8-13,15H,1,6-7,14,17H2,2-4H3. The van der Waals surface area contributed by atoms with Crippen LogP contribution in [0.3, 0.4) is 0 Å². The highest BCUT2D eigenvalue weighted by molar-refractivity contribution is 7.89. The van der Waals surface area contributed by atoms with Crippen molar-refractivity contribution in [3.8, 4) is 6.07 Å². The van der Waals surface area contributed by atoms with E-state index in [1.165, 1.54) is 10.4 Å². The molecule has 0 spiro atoms. The van der Waals surface area contributed by atoms with Crippen LogP contribution in [0.25, 0.3) is 0 Å². The Labute approximate surface area is 179 Å². The number of rotatable bonds is 9. The van der Waals surface area contributed by atoms with Crippen LogP contribution in [-0.4, -0.2) is 43.2 Å². The Morgan fingerprint density at radius 3 is 2.30 bits per heavy atom. The minimum Gasteiger partial charge on any atom is -0.331 e. The molecular weight excluding hydrogens is 398 g/mol. The van der Waals surface area contributed by atoms with Crippen molar-refractivity contribution in [1.82, 2.24) is 9.21 Å². The van der Waals surface area contributed by atoms with Gasteiger partial charge in [-0.2, -0.15) is 9.57 Å². The summed E-state index contributed by atoms with van der Waals surface area (Å²) in [5, 5.41) is 8.94. The minimum absolute atomic E-state index is 0.147. The Morgan fingerprint density at radius 2 is 1.77 bits per heavy atom. The van der Waals surface area contributed by atoms with Gasteiger partial charge < -0.3 is 4.90 Å². The molecule has 7 heteroatoms. The Morgan fingerprint density at radius 1 is 1.13 bits per heavy atom. The van der Waals surface area contributed by atoms with Gasteiger partial charge in [-0.15, -0.1) is 6.58 Å². The molecule has 0 atom stereocenters. The van der Waals surface area contributed by atoms with Crippen molar-refractivity contribution in [3.05, 3.63) is 77.4 Å². The lowest BCUT2D eigenvalue weighted by Crippen LogP contribution is -2.32. The van der Waals surface area contributed by atoms with Crippen molar-refractivity contribution >= 4 is 15.9 Å². The molecular formula is C23H27N3O3S. The van der Waals surface area contributed by atoms with Gasteiger partial charge >= 0.3 is 0 Å². The third-order valence-corrected chi connectivity index (χ3v) is 7.04. The number of nitriles is 1. The molecule has 2 rings (SSSR count). The third kappa shape index (κ3) is 5.15. The van der Waals surface area contributed by atoms with Crippen molar-refractivity contribution in [1.29, 1.82) is 5.26 Å². The van der Waals surface area contributed by atoms with Crippen LogP contribution in [0.15, 0.2) is 60.0 Å². The molecule has 0 saturated carbocycles. The molecule has 0 bridgehead atoms. The van der Waals surface area contributed by atoms with Gasteiger partial charge in [0.2, 0.25) is 10.0 Å². The fourth-order valence-corrected chi connectivity index (χ4v) is 4.89. The topological polar surface area (TPSA) is 81.5 Å². The van der Waals surface area contributed by atoms with Gasteiger partial charge in [0.25, 0.3) is 5.91 Å². The van der Waals surface area contributed by atoms with Gasteiger partial charge in [0.15, 0.2) is 0 Å². The highest BCUT2D eigenvalue weighted by atomic mass is 32.2. The van der Waals surface area contributed by atoms with E-state index in [0.29, 0.717) is 42.9 Å². The lowest BCUT2D eigenvalue weighted by Gasteiger charge is -2.23. The summed E-state index contributed by atoms with van der Waals surface area (Å²) in [4.78, 5) is 14.9. The number of benzene rings is 2. The van der Waals surface area contributed by atoms with Gasteiger partial charge in [-0.3, -0.25) is 4.79 Å². The number of carbonyl (C=O) groups excluding carboxylic acids is 1. The molecule has 30 heavy (non-hydrogen) atoms. The summed E-state index contributed by atoms with van der Waals surface area (Å²) in [6.07, 6.45) is 1.63. The van der Waals surface area contributed by atoms with E-state index in [4.69, 9.17) is 5.26 Å². The van der Waals surface area contributed by atoms with E-state index < -0.39 is 10.0 Å². The minimum atomic E-state index is -3.68. The first-order valence-electron chi connectivity index (χ1n) is 9.78. The molecule has 2 aromatic carbocycles. The maximum atomic E-state index is 13.2. The molecule has 0 saturated heterocycles. The number of hydrogen-bond donors (Lipinski definition) is 0. The second-order valence-electron chi connectivity index (χ2n) is 6.85. The average Bonchev–Trinajstić information content (AvgIpc) is 2.74. The van der Waals surface area contributed by atoms with Crippen LogP contribution < -0.4 is 0 Å². The number of carbonyl (C=O) groups is 1. The maximum Gasteiger partial charge on any atom is 0.254 e. The van der Waals surface area contributed by atoms with Crippen LogP contribution in [0.5, 0.6) is 0 Å². The zero-order valence-corrected chi connectivity index (χ0v) is 18.4. The smallest absolute Gasteiger partial charge is 0.254 e. The Balaban J connectivity index is 2.39. The summed E-state index contributed by atoms with van der Waals surface area (Å²) >= 11 is 0. The van der Waals surface area contributed by atoms with E-state index in [9.17, 15) is 13.2 Å². The zero-order valence-electron chi connectivity index (χ0n) is 17.6. The molecule has 158 valence electrons. The first kappa shape index (κ1) is 23.3. The molecule has 0 aliphatic carbocycles. The van der Waals surface area contributed by atoms with Crippen LogP contribution in [-0.2, 0) is 16.6 Å². The maximum absolute atomic E-state index is 13.2. The van der Waals surface area contributed by atoms with Gasteiger partial charge in [-0.25, -0.2) is 8.42 Å². The fourth-order valence-electron chi connectivity index (χ4n) is 3.18. The van der Waals surface area contributed by atoms with Gasteiger partial charge in [0, 0.05) is 31.7 Å². The van der Waals surface area contributed by atoms with Crippen LogP contribution in [0.2, 0.25) is 0 Å². The van der Waals surface area contributed by atoms with Crippen LogP contribution in [0, 0.1) is 18.3 Å². The predicted octanol–water partition coefficient (Wildman–Crippen LogP) is 3.73. The van der Waals surface area contributed by atoms with Crippen molar-refractivity contribution in [2.75, 3.05) is 19.6 Å². The molecule has 2 aromatic rings.